The van der Waals surface area contributed by atoms with Crippen LogP contribution in [-0.2, 0) is 11.3 Å². The van der Waals surface area contributed by atoms with E-state index in [2.05, 4.69) is 5.32 Å². The van der Waals surface area contributed by atoms with Gasteiger partial charge in [0, 0.05) is 11.3 Å². The Morgan fingerprint density at radius 3 is 2.65 bits per heavy atom. The number of carbonyl (C=O) groups excluding carboxylic acids is 1. The Morgan fingerprint density at radius 2 is 1.96 bits per heavy atom. The zero-order valence-electron chi connectivity index (χ0n) is 13.0. The van der Waals surface area contributed by atoms with Crippen molar-refractivity contribution < 1.29 is 14.4 Å². The van der Waals surface area contributed by atoms with Crippen LogP contribution >= 0.6 is 23.2 Å². The fraction of sp³-hybridized carbons (Fsp3) is 0.235. The second kappa shape index (κ2) is 8.20. The van der Waals surface area contributed by atoms with Crippen molar-refractivity contribution >= 4 is 34.8 Å². The highest BCUT2D eigenvalue weighted by Crippen LogP contribution is 2.24. The SMILES string of the molecule is COc1cccc(C[NH+](C)CC(=O)Nc2ccc(Cl)c(Cl)c2)c1. The summed E-state index contributed by atoms with van der Waals surface area (Å²) in [5.41, 5.74) is 1.75. The quantitative estimate of drug-likeness (QED) is 0.838. The molecule has 0 bridgehead atoms. The van der Waals surface area contributed by atoms with Gasteiger partial charge in [0.15, 0.2) is 6.54 Å². The van der Waals surface area contributed by atoms with Crippen molar-refractivity contribution in [2.24, 2.45) is 0 Å². The average Bonchev–Trinajstić information content (AvgIpc) is 2.51. The van der Waals surface area contributed by atoms with Gasteiger partial charge in [-0.2, -0.15) is 0 Å². The van der Waals surface area contributed by atoms with Crippen LogP contribution in [-0.4, -0.2) is 26.6 Å². The largest absolute Gasteiger partial charge is 0.497 e. The molecule has 0 radical (unpaired) electrons. The molecule has 1 atom stereocenters. The van der Waals surface area contributed by atoms with Crippen molar-refractivity contribution in [3.63, 3.8) is 0 Å². The highest BCUT2D eigenvalue weighted by Gasteiger charge is 2.12. The molecule has 4 nitrogen and oxygen atoms in total. The van der Waals surface area contributed by atoms with Gasteiger partial charge < -0.3 is 15.0 Å². The van der Waals surface area contributed by atoms with E-state index < -0.39 is 0 Å². The van der Waals surface area contributed by atoms with Crippen molar-refractivity contribution in [2.75, 3.05) is 26.0 Å². The monoisotopic (exact) mass is 353 g/mol. The number of hydrogen-bond acceptors (Lipinski definition) is 2. The normalized spacial score (nSPS) is 11.8. The van der Waals surface area contributed by atoms with E-state index in [1.54, 1.807) is 25.3 Å². The molecule has 0 saturated carbocycles. The maximum Gasteiger partial charge on any atom is 0.279 e. The molecule has 0 fully saturated rings. The van der Waals surface area contributed by atoms with E-state index in [1.807, 2.05) is 31.3 Å². The molecule has 0 aliphatic rings. The zero-order chi connectivity index (χ0) is 16.8. The lowest BCUT2D eigenvalue weighted by molar-refractivity contribution is -0.885. The van der Waals surface area contributed by atoms with Gasteiger partial charge in [-0.15, -0.1) is 0 Å². The topological polar surface area (TPSA) is 42.8 Å². The summed E-state index contributed by atoms with van der Waals surface area (Å²) in [6.07, 6.45) is 0. The zero-order valence-corrected chi connectivity index (χ0v) is 14.5. The van der Waals surface area contributed by atoms with Gasteiger partial charge in [-0.05, 0) is 30.3 Å². The summed E-state index contributed by atoms with van der Waals surface area (Å²) in [4.78, 5) is 13.2. The molecule has 0 saturated heterocycles. The minimum Gasteiger partial charge on any atom is -0.497 e. The Morgan fingerprint density at radius 1 is 1.17 bits per heavy atom. The summed E-state index contributed by atoms with van der Waals surface area (Å²) in [6.45, 7) is 1.07. The van der Waals surface area contributed by atoms with E-state index in [-0.39, 0.29) is 5.91 Å². The second-order valence-electron chi connectivity index (χ2n) is 5.34. The summed E-state index contributed by atoms with van der Waals surface area (Å²) in [5, 5.41) is 3.70. The summed E-state index contributed by atoms with van der Waals surface area (Å²) < 4.78 is 5.21. The number of hydrogen-bond donors (Lipinski definition) is 2. The third kappa shape index (κ3) is 5.43. The maximum atomic E-state index is 12.1. The molecule has 0 heterocycles. The van der Waals surface area contributed by atoms with E-state index in [0.717, 1.165) is 22.8 Å². The summed E-state index contributed by atoms with van der Waals surface area (Å²) >= 11 is 11.8. The Balaban J connectivity index is 1.90. The smallest absolute Gasteiger partial charge is 0.279 e. The van der Waals surface area contributed by atoms with Gasteiger partial charge in [-0.3, -0.25) is 4.79 Å². The standard InChI is InChI=1S/C17H18Cl2N2O2/c1-21(10-12-4-3-5-14(8-12)23-2)11-17(22)20-13-6-7-15(18)16(19)9-13/h3-9H,10-11H2,1-2H3,(H,20,22)/p+1. The second-order valence-corrected chi connectivity index (χ2v) is 6.15. The molecule has 0 spiro atoms. The lowest BCUT2D eigenvalue weighted by atomic mass is 10.2. The molecule has 2 N–H and O–H groups in total. The molecule has 6 heteroatoms. The van der Waals surface area contributed by atoms with Gasteiger partial charge >= 0.3 is 0 Å². The fourth-order valence-electron chi connectivity index (χ4n) is 2.25. The van der Waals surface area contributed by atoms with Gasteiger partial charge in [0.05, 0.1) is 24.2 Å². The third-order valence-electron chi connectivity index (χ3n) is 3.31. The average molecular weight is 354 g/mol. The Labute approximate surface area is 146 Å². The summed E-state index contributed by atoms with van der Waals surface area (Å²) in [5.74, 6) is 0.736. The molecular formula is C17H19Cl2N2O2+. The Kier molecular flexibility index (Phi) is 6.28. The highest BCUT2D eigenvalue weighted by molar-refractivity contribution is 6.42. The van der Waals surface area contributed by atoms with Crippen molar-refractivity contribution in [1.29, 1.82) is 0 Å². The number of ether oxygens (including phenoxy) is 1. The lowest BCUT2D eigenvalue weighted by Gasteiger charge is -2.14. The van der Waals surface area contributed by atoms with Crippen LogP contribution < -0.4 is 15.0 Å². The summed E-state index contributed by atoms with van der Waals surface area (Å²) in [7, 11) is 3.61. The minimum atomic E-state index is -0.0798. The Bertz CT molecular complexity index is 692. The molecule has 2 rings (SSSR count). The van der Waals surface area contributed by atoms with E-state index in [1.165, 1.54) is 0 Å². The number of halogens is 2. The van der Waals surface area contributed by atoms with Gasteiger partial charge in [-0.25, -0.2) is 0 Å². The van der Waals surface area contributed by atoms with Crippen LogP contribution in [0.4, 0.5) is 5.69 Å². The van der Waals surface area contributed by atoms with Crippen LogP contribution in [0.25, 0.3) is 0 Å². The Hall–Kier alpha value is -1.75. The van der Waals surface area contributed by atoms with Crippen LogP contribution in [0, 0.1) is 0 Å². The molecule has 2 aromatic rings. The molecule has 1 unspecified atom stereocenters. The molecular weight excluding hydrogens is 335 g/mol. The number of benzene rings is 2. The molecule has 0 aliphatic carbocycles. The fourth-order valence-corrected chi connectivity index (χ4v) is 2.54. The molecule has 2 aromatic carbocycles. The van der Waals surface area contributed by atoms with Crippen molar-refractivity contribution in [1.82, 2.24) is 0 Å². The van der Waals surface area contributed by atoms with Gasteiger partial charge in [-0.1, -0.05) is 35.3 Å². The van der Waals surface area contributed by atoms with Gasteiger partial charge in [0.2, 0.25) is 0 Å². The number of nitrogens with one attached hydrogen (secondary N) is 2. The van der Waals surface area contributed by atoms with Crippen LogP contribution in [0.2, 0.25) is 10.0 Å². The maximum absolute atomic E-state index is 12.1. The van der Waals surface area contributed by atoms with Crippen LogP contribution in [0.3, 0.4) is 0 Å². The van der Waals surface area contributed by atoms with Crippen LogP contribution in [0.15, 0.2) is 42.5 Å². The minimum absolute atomic E-state index is 0.0798. The number of anilines is 1. The van der Waals surface area contributed by atoms with Crippen LogP contribution in [0.1, 0.15) is 5.56 Å². The number of carbonyl (C=O) groups is 1. The third-order valence-corrected chi connectivity index (χ3v) is 4.04. The number of amides is 1. The predicted molar refractivity (Wildman–Crippen MR) is 93.5 cm³/mol. The van der Waals surface area contributed by atoms with E-state index in [9.17, 15) is 4.79 Å². The first kappa shape index (κ1) is 17.6. The number of rotatable bonds is 6. The van der Waals surface area contributed by atoms with E-state index in [4.69, 9.17) is 27.9 Å². The van der Waals surface area contributed by atoms with Crippen molar-refractivity contribution in [3.05, 3.63) is 58.1 Å². The number of likely N-dealkylation sites (N-methyl/N-ethyl adjacent to an activating group) is 1. The van der Waals surface area contributed by atoms with Crippen LogP contribution in [0.5, 0.6) is 5.75 Å². The van der Waals surface area contributed by atoms with Crippen molar-refractivity contribution in [3.8, 4) is 5.75 Å². The molecule has 122 valence electrons. The first-order chi connectivity index (χ1) is 11.0. The number of methoxy groups -OCH3 is 1. The van der Waals surface area contributed by atoms with E-state index in [0.29, 0.717) is 22.3 Å². The molecule has 0 aromatic heterocycles. The molecule has 23 heavy (non-hydrogen) atoms. The number of quaternary nitrogens is 1. The highest BCUT2D eigenvalue weighted by atomic mass is 35.5. The summed E-state index contributed by atoms with van der Waals surface area (Å²) in [6, 6.07) is 12.9. The van der Waals surface area contributed by atoms with E-state index >= 15 is 0 Å². The van der Waals surface area contributed by atoms with Gasteiger partial charge in [0.1, 0.15) is 12.3 Å². The lowest BCUT2D eigenvalue weighted by Crippen LogP contribution is -3.08. The first-order valence-electron chi connectivity index (χ1n) is 7.17. The molecule has 0 aliphatic heterocycles. The first-order valence-corrected chi connectivity index (χ1v) is 7.92. The molecule has 1 amide bonds. The van der Waals surface area contributed by atoms with Crippen molar-refractivity contribution in [2.45, 2.75) is 6.54 Å². The van der Waals surface area contributed by atoms with Gasteiger partial charge in [0.25, 0.3) is 5.91 Å². The predicted octanol–water partition coefficient (Wildman–Crippen LogP) is 2.66.